The molecule has 0 saturated carbocycles. The van der Waals surface area contributed by atoms with Gasteiger partial charge in [-0.3, -0.25) is 14.4 Å². The van der Waals surface area contributed by atoms with Crippen LogP contribution in [-0.2, 0) is 16.7 Å². The van der Waals surface area contributed by atoms with E-state index in [1.54, 1.807) is 23.0 Å². The second-order valence-electron chi connectivity index (χ2n) is 12.0. The summed E-state index contributed by atoms with van der Waals surface area (Å²) in [5, 5.41) is 16.8. The molecule has 1 aliphatic heterocycles. The van der Waals surface area contributed by atoms with E-state index in [2.05, 4.69) is 56.1 Å². The zero-order chi connectivity index (χ0) is 34.9. The van der Waals surface area contributed by atoms with Gasteiger partial charge in [-0.2, -0.15) is 13.5 Å². The van der Waals surface area contributed by atoms with Crippen molar-refractivity contribution in [3.63, 3.8) is 0 Å². The normalized spacial score (nSPS) is 14.9. The first kappa shape index (κ1) is 33.7. The van der Waals surface area contributed by atoms with Crippen LogP contribution in [0, 0.1) is 0 Å². The van der Waals surface area contributed by atoms with E-state index < -0.39 is 21.8 Å². The van der Waals surface area contributed by atoms with Gasteiger partial charge in [-0.05, 0) is 43.3 Å². The molecule has 1 atom stereocenters. The van der Waals surface area contributed by atoms with E-state index in [0.717, 1.165) is 49.2 Å². The highest BCUT2D eigenvalue weighted by atomic mass is 32.2. The molecular formula is C34H36N8O6S. The molecule has 15 heteroatoms. The summed E-state index contributed by atoms with van der Waals surface area (Å²) in [6, 6.07) is 16.9. The van der Waals surface area contributed by atoms with Gasteiger partial charge in [0.15, 0.2) is 5.65 Å². The topological polar surface area (TPSA) is 194 Å². The third kappa shape index (κ3) is 7.44. The van der Waals surface area contributed by atoms with E-state index in [9.17, 15) is 18.3 Å². The molecule has 6 aromatic rings. The summed E-state index contributed by atoms with van der Waals surface area (Å²) in [6.07, 6.45) is 5.04. The van der Waals surface area contributed by atoms with Crippen LogP contribution in [0.1, 0.15) is 24.3 Å². The Hall–Kier alpha value is -5.22. The molecule has 1 saturated heterocycles. The minimum Gasteiger partial charge on any atom is -0.506 e. The van der Waals surface area contributed by atoms with Crippen LogP contribution in [0.2, 0.25) is 0 Å². The minimum atomic E-state index is -3.67. The second kappa shape index (κ2) is 13.7. The Labute approximate surface area is 282 Å². The number of pyridine rings is 1. The van der Waals surface area contributed by atoms with E-state index in [1.807, 2.05) is 25.1 Å². The Kier molecular flexibility index (Phi) is 9.43. The van der Waals surface area contributed by atoms with Crippen LogP contribution in [0.5, 0.6) is 5.75 Å². The predicted molar refractivity (Wildman–Crippen MR) is 187 cm³/mol. The van der Waals surface area contributed by atoms with Crippen molar-refractivity contribution in [3.05, 3.63) is 95.1 Å². The highest BCUT2D eigenvalue weighted by molar-refractivity contribution is 7.85. The number of benzene rings is 2. The van der Waals surface area contributed by atoms with Gasteiger partial charge in [0.25, 0.3) is 10.1 Å². The van der Waals surface area contributed by atoms with Crippen LogP contribution in [0.15, 0.2) is 82.5 Å². The highest BCUT2D eigenvalue weighted by Crippen LogP contribution is 2.38. The van der Waals surface area contributed by atoms with Crippen molar-refractivity contribution in [2.45, 2.75) is 19.5 Å². The van der Waals surface area contributed by atoms with Crippen molar-refractivity contribution in [2.75, 3.05) is 45.2 Å². The number of piperazine rings is 1. The lowest BCUT2D eigenvalue weighted by Crippen LogP contribution is -2.43. The summed E-state index contributed by atoms with van der Waals surface area (Å²) >= 11 is 0. The molecular weight excluding hydrogens is 648 g/mol. The molecule has 14 nitrogen and oxygen atoms in total. The molecule has 1 aliphatic rings. The summed E-state index contributed by atoms with van der Waals surface area (Å²) in [4.78, 5) is 31.0. The quantitative estimate of drug-likeness (QED) is 0.215. The molecule has 4 aromatic heterocycles. The van der Waals surface area contributed by atoms with E-state index in [0.29, 0.717) is 39.7 Å². The van der Waals surface area contributed by atoms with Crippen LogP contribution in [0.3, 0.4) is 0 Å². The lowest BCUT2D eigenvalue weighted by Gasteiger charge is -2.32. The average molecular weight is 685 g/mol. The fraction of sp³-hybridized carbons (Fsp3) is 0.265. The van der Waals surface area contributed by atoms with E-state index >= 15 is 0 Å². The lowest BCUT2D eigenvalue weighted by molar-refractivity contribution is 0.148. The van der Waals surface area contributed by atoms with Gasteiger partial charge >= 0.3 is 5.63 Å². The fourth-order valence-electron chi connectivity index (χ4n) is 6.03. The number of rotatable bonds is 6. The molecule has 2 aromatic carbocycles. The number of likely N-dealkylation sites (N-methyl/N-ethyl adjacent to an activating group) is 1. The molecule has 0 unspecified atom stereocenters. The summed E-state index contributed by atoms with van der Waals surface area (Å²) < 4.78 is 33.7. The molecule has 7 rings (SSSR count). The third-order valence-corrected chi connectivity index (χ3v) is 8.34. The van der Waals surface area contributed by atoms with Gasteiger partial charge in [-0.25, -0.2) is 19.4 Å². The zero-order valence-electron chi connectivity index (χ0n) is 27.2. The van der Waals surface area contributed by atoms with E-state index in [4.69, 9.17) is 19.8 Å². The number of hydrogen-bond donors (Lipinski definition) is 3. The fourth-order valence-corrected chi connectivity index (χ4v) is 6.03. The number of hydrogen-bond acceptors (Lipinski definition) is 12. The van der Waals surface area contributed by atoms with Crippen LogP contribution in [0.4, 0.5) is 5.82 Å². The van der Waals surface area contributed by atoms with Crippen LogP contribution in [0.25, 0.3) is 44.2 Å². The Balaban J connectivity index is 0.000000778. The van der Waals surface area contributed by atoms with Gasteiger partial charge in [-0.1, -0.05) is 36.4 Å². The first-order valence-electron chi connectivity index (χ1n) is 15.5. The number of aromatic hydroxyl groups is 1. The standard InChI is InChI=1S/C33H32N8O3.CH4O3S/c1-20(41-32-28(31(34)36-19-37-32)29(38-41)23-15-24(42)17-35-16-23)30-27(25-8-3-4-9-26(25)33(43)44-30)22-7-5-6-21(14-22)18-40-12-10-39(2)11-13-40;1-5(2,3)4/h3-9,14-17,19-20,42H,10-13,18H2,1-2H3,(H2,34,36,37);1H3,(H,2,3,4)/t20-;/m0./s1. The second-order valence-corrected chi connectivity index (χ2v) is 13.5. The molecule has 0 radical (unpaired) electrons. The third-order valence-electron chi connectivity index (χ3n) is 8.34. The molecule has 0 spiro atoms. The van der Waals surface area contributed by atoms with Gasteiger partial charge < -0.3 is 20.2 Å². The van der Waals surface area contributed by atoms with Crippen molar-refractivity contribution in [2.24, 2.45) is 0 Å². The number of aromatic nitrogens is 5. The van der Waals surface area contributed by atoms with Crippen LogP contribution in [-0.4, -0.2) is 92.1 Å². The average Bonchev–Trinajstić information content (AvgIpc) is 3.46. The first-order chi connectivity index (χ1) is 23.4. The van der Waals surface area contributed by atoms with Gasteiger partial charge in [0.2, 0.25) is 0 Å². The summed E-state index contributed by atoms with van der Waals surface area (Å²) in [5.41, 5.74) is 10.3. The zero-order valence-corrected chi connectivity index (χ0v) is 28.0. The Morgan fingerprint density at radius 2 is 1.69 bits per heavy atom. The van der Waals surface area contributed by atoms with Gasteiger partial charge in [0.05, 0.1) is 23.2 Å². The summed E-state index contributed by atoms with van der Waals surface area (Å²) in [6.45, 7) is 6.87. The first-order valence-corrected chi connectivity index (χ1v) is 17.3. The van der Waals surface area contributed by atoms with Crippen molar-refractivity contribution in [1.82, 2.24) is 34.5 Å². The predicted octanol–water partition coefficient (Wildman–Crippen LogP) is 3.81. The maximum absolute atomic E-state index is 13.4. The Bertz CT molecular complexity index is 2310. The van der Waals surface area contributed by atoms with Crippen LogP contribution >= 0.6 is 0 Å². The highest BCUT2D eigenvalue weighted by Gasteiger charge is 2.27. The monoisotopic (exact) mass is 684 g/mol. The Morgan fingerprint density at radius 1 is 0.980 bits per heavy atom. The number of nitrogens with two attached hydrogens (primary N) is 1. The molecule has 0 bridgehead atoms. The molecule has 0 amide bonds. The van der Waals surface area contributed by atoms with E-state index in [1.165, 1.54) is 18.1 Å². The molecule has 0 aliphatic carbocycles. The van der Waals surface area contributed by atoms with Gasteiger partial charge in [-0.15, -0.1) is 0 Å². The van der Waals surface area contributed by atoms with Crippen molar-refractivity contribution >= 4 is 37.7 Å². The number of fused-ring (bicyclic) bond motifs is 2. The lowest BCUT2D eigenvalue weighted by atomic mass is 9.94. The van der Waals surface area contributed by atoms with Gasteiger partial charge in [0.1, 0.15) is 35.4 Å². The summed E-state index contributed by atoms with van der Waals surface area (Å²) in [7, 11) is -1.51. The van der Waals surface area contributed by atoms with Gasteiger partial charge in [0, 0.05) is 55.4 Å². The molecule has 5 heterocycles. The van der Waals surface area contributed by atoms with Crippen molar-refractivity contribution in [1.29, 1.82) is 0 Å². The minimum absolute atomic E-state index is 0.00654. The molecule has 1 fully saturated rings. The molecule has 4 N–H and O–H groups in total. The maximum atomic E-state index is 13.4. The SMILES string of the molecule is CS(=O)(=O)O.C[C@@H](c1oc(=O)c2ccccc2c1-c1cccc(CN2CCN(C)CC2)c1)n1nc(-c2cncc(O)c2)c2c(N)ncnc21. The molecule has 254 valence electrons. The van der Waals surface area contributed by atoms with Crippen molar-refractivity contribution in [3.8, 4) is 28.1 Å². The summed E-state index contributed by atoms with van der Waals surface area (Å²) in [5.74, 6) is 0.684. The van der Waals surface area contributed by atoms with Crippen LogP contribution < -0.4 is 11.4 Å². The molecule has 49 heavy (non-hydrogen) atoms. The van der Waals surface area contributed by atoms with Crippen molar-refractivity contribution < 1.29 is 22.5 Å². The largest absolute Gasteiger partial charge is 0.506 e. The number of nitrogens with zero attached hydrogens (tertiary/aromatic N) is 7. The maximum Gasteiger partial charge on any atom is 0.343 e. The van der Waals surface area contributed by atoms with E-state index in [-0.39, 0.29) is 11.6 Å². The Morgan fingerprint density at radius 3 is 2.41 bits per heavy atom. The number of anilines is 1. The smallest absolute Gasteiger partial charge is 0.343 e. The number of nitrogen functional groups attached to an aromatic ring is 1.